The van der Waals surface area contributed by atoms with Gasteiger partial charge in [0.2, 0.25) is 5.91 Å². The topological polar surface area (TPSA) is 66.4 Å². The number of carbonyl (C=O) groups excluding carboxylic acids is 1. The molecule has 0 aliphatic rings. The van der Waals surface area contributed by atoms with Crippen LogP contribution in [0.1, 0.15) is 42.6 Å². The van der Waals surface area contributed by atoms with Crippen molar-refractivity contribution in [3.63, 3.8) is 0 Å². The van der Waals surface area contributed by atoms with Gasteiger partial charge in [0.05, 0.1) is 5.56 Å². The Morgan fingerprint density at radius 3 is 2.31 bits per heavy atom. The summed E-state index contributed by atoms with van der Waals surface area (Å²) in [5.41, 5.74) is 1.61. The first-order chi connectivity index (χ1) is 7.40. The molecule has 0 saturated heterocycles. The summed E-state index contributed by atoms with van der Waals surface area (Å²) in [6, 6.07) is 4.87. The van der Waals surface area contributed by atoms with Crippen molar-refractivity contribution in [1.29, 1.82) is 0 Å². The number of benzene rings is 1. The summed E-state index contributed by atoms with van der Waals surface area (Å²) in [6.07, 6.45) is 0. The SMILES string of the molecule is CC(=O)Nc1cc(C(=O)O)cc(C(C)C)c1. The normalized spacial score (nSPS) is 10.2. The first-order valence-electron chi connectivity index (χ1n) is 5.06. The lowest BCUT2D eigenvalue weighted by atomic mass is 10.00. The Kier molecular flexibility index (Phi) is 3.66. The molecule has 0 atom stereocenters. The monoisotopic (exact) mass is 221 g/mol. The van der Waals surface area contributed by atoms with Crippen LogP contribution in [0.5, 0.6) is 0 Å². The minimum atomic E-state index is -0.992. The molecule has 2 N–H and O–H groups in total. The number of carbonyl (C=O) groups is 2. The van der Waals surface area contributed by atoms with Crippen LogP contribution in [0.2, 0.25) is 0 Å². The van der Waals surface area contributed by atoms with E-state index in [0.717, 1.165) is 5.56 Å². The molecular formula is C12H15NO3. The van der Waals surface area contributed by atoms with Crippen LogP contribution in [-0.4, -0.2) is 17.0 Å². The molecule has 0 bridgehead atoms. The minimum Gasteiger partial charge on any atom is -0.478 e. The van der Waals surface area contributed by atoms with Crippen LogP contribution in [0.4, 0.5) is 5.69 Å². The fraction of sp³-hybridized carbons (Fsp3) is 0.333. The molecule has 1 rings (SSSR count). The van der Waals surface area contributed by atoms with Crippen molar-refractivity contribution in [3.05, 3.63) is 29.3 Å². The largest absolute Gasteiger partial charge is 0.478 e. The van der Waals surface area contributed by atoms with Crippen molar-refractivity contribution in [2.45, 2.75) is 26.7 Å². The van der Waals surface area contributed by atoms with Gasteiger partial charge in [-0.25, -0.2) is 4.79 Å². The summed E-state index contributed by atoms with van der Waals surface area (Å²) in [4.78, 5) is 21.8. The van der Waals surface area contributed by atoms with Gasteiger partial charge in [0, 0.05) is 12.6 Å². The van der Waals surface area contributed by atoms with Gasteiger partial charge in [-0.15, -0.1) is 0 Å². The summed E-state index contributed by atoms with van der Waals surface area (Å²) >= 11 is 0. The van der Waals surface area contributed by atoms with E-state index in [9.17, 15) is 9.59 Å². The summed E-state index contributed by atoms with van der Waals surface area (Å²) < 4.78 is 0. The van der Waals surface area contributed by atoms with E-state index in [1.165, 1.54) is 13.0 Å². The summed E-state index contributed by atoms with van der Waals surface area (Å²) in [5.74, 6) is -0.988. The van der Waals surface area contributed by atoms with Crippen molar-refractivity contribution in [2.75, 3.05) is 5.32 Å². The van der Waals surface area contributed by atoms with Crippen LogP contribution in [0.15, 0.2) is 18.2 Å². The molecule has 0 aliphatic heterocycles. The zero-order chi connectivity index (χ0) is 12.3. The predicted octanol–water partition coefficient (Wildman–Crippen LogP) is 2.47. The molecule has 1 aromatic rings. The zero-order valence-corrected chi connectivity index (χ0v) is 9.57. The Morgan fingerprint density at radius 2 is 1.88 bits per heavy atom. The number of carboxylic acids is 1. The third kappa shape index (κ3) is 3.08. The molecule has 4 nitrogen and oxygen atoms in total. The van der Waals surface area contributed by atoms with Crippen LogP contribution in [-0.2, 0) is 4.79 Å². The second-order valence-electron chi connectivity index (χ2n) is 3.98. The van der Waals surface area contributed by atoms with E-state index in [2.05, 4.69) is 5.32 Å². The molecule has 86 valence electrons. The third-order valence-corrected chi connectivity index (χ3v) is 2.19. The van der Waals surface area contributed by atoms with Crippen LogP contribution in [0.25, 0.3) is 0 Å². The van der Waals surface area contributed by atoms with E-state index >= 15 is 0 Å². The first kappa shape index (κ1) is 12.2. The van der Waals surface area contributed by atoms with E-state index in [4.69, 9.17) is 5.11 Å². The van der Waals surface area contributed by atoms with Crippen molar-refractivity contribution in [2.24, 2.45) is 0 Å². The van der Waals surface area contributed by atoms with Crippen molar-refractivity contribution >= 4 is 17.6 Å². The molecule has 4 heteroatoms. The predicted molar refractivity (Wildman–Crippen MR) is 61.8 cm³/mol. The highest BCUT2D eigenvalue weighted by Crippen LogP contribution is 2.21. The smallest absolute Gasteiger partial charge is 0.335 e. The Hall–Kier alpha value is -1.84. The quantitative estimate of drug-likeness (QED) is 0.823. The van der Waals surface area contributed by atoms with E-state index in [-0.39, 0.29) is 17.4 Å². The average molecular weight is 221 g/mol. The van der Waals surface area contributed by atoms with Gasteiger partial charge in [0.15, 0.2) is 0 Å². The van der Waals surface area contributed by atoms with E-state index in [1.807, 2.05) is 13.8 Å². The maximum absolute atomic E-state index is 10.9. The molecule has 0 radical (unpaired) electrons. The van der Waals surface area contributed by atoms with Gasteiger partial charge in [-0.2, -0.15) is 0 Å². The lowest BCUT2D eigenvalue weighted by molar-refractivity contribution is -0.114. The number of carboxylic acid groups (broad SMARTS) is 1. The summed E-state index contributed by atoms with van der Waals surface area (Å²) in [5, 5.41) is 11.5. The molecular weight excluding hydrogens is 206 g/mol. The van der Waals surface area contributed by atoms with Gasteiger partial charge >= 0.3 is 5.97 Å². The number of rotatable bonds is 3. The second-order valence-corrected chi connectivity index (χ2v) is 3.98. The highest BCUT2D eigenvalue weighted by atomic mass is 16.4. The Balaban J connectivity index is 3.18. The van der Waals surface area contributed by atoms with E-state index in [1.54, 1.807) is 12.1 Å². The van der Waals surface area contributed by atoms with Gasteiger partial charge in [-0.3, -0.25) is 4.79 Å². The Labute approximate surface area is 94.3 Å². The van der Waals surface area contributed by atoms with Gasteiger partial charge in [-0.1, -0.05) is 13.8 Å². The highest BCUT2D eigenvalue weighted by Gasteiger charge is 2.09. The standard InChI is InChI=1S/C12H15NO3/c1-7(2)9-4-10(12(15)16)6-11(5-9)13-8(3)14/h4-7H,1-3H3,(H,13,14)(H,15,16). The lowest BCUT2D eigenvalue weighted by Gasteiger charge is -2.10. The fourth-order valence-electron chi connectivity index (χ4n) is 1.38. The van der Waals surface area contributed by atoms with E-state index in [0.29, 0.717) is 5.69 Å². The molecule has 1 aromatic carbocycles. The van der Waals surface area contributed by atoms with Crippen molar-refractivity contribution in [3.8, 4) is 0 Å². The fourth-order valence-corrected chi connectivity index (χ4v) is 1.38. The summed E-state index contributed by atoms with van der Waals surface area (Å²) in [6.45, 7) is 5.33. The number of hydrogen-bond acceptors (Lipinski definition) is 2. The van der Waals surface area contributed by atoms with Crippen LogP contribution in [0, 0.1) is 0 Å². The Bertz CT molecular complexity index is 424. The average Bonchev–Trinajstić information content (AvgIpc) is 2.15. The lowest BCUT2D eigenvalue weighted by Crippen LogP contribution is -2.08. The van der Waals surface area contributed by atoms with Gasteiger partial charge in [0.25, 0.3) is 0 Å². The molecule has 0 saturated carbocycles. The van der Waals surface area contributed by atoms with Crippen molar-refractivity contribution in [1.82, 2.24) is 0 Å². The van der Waals surface area contributed by atoms with Gasteiger partial charge in [0.1, 0.15) is 0 Å². The zero-order valence-electron chi connectivity index (χ0n) is 9.57. The molecule has 0 unspecified atom stereocenters. The number of hydrogen-bond donors (Lipinski definition) is 2. The van der Waals surface area contributed by atoms with Gasteiger partial charge in [-0.05, 0) is 29.7 Å². The van der Waals surface area contributed by atoms with Crippen molar-refractivity contribution < 1.29 is 14.7 Å². The maximum atomic E-state index is 10.9. The highest BCUT2D eigenvalue weighted by molar-refractivity contribution is 5.93. The van der Waals surface area contributed by atoms with Crippen LogP contribution >= 0.6 is 0 Å². The number of anilines is 1. The molecule has 0 heterocycles. The van der Waals surface area contributed by atoms with Gasteiger partial charge < -0.3 is 10.4 Å². The number of nitrogens with one attached hydrogen (secondary N) is 1. The molecule has 1 amide bonds. The molecule has 0 aromatic heterocycles. The first-order valence-corrected chi connectivity index (χ1v) is 5.06. The second kappa shape index (κ2) is 4.79. The minimum absolute atomic E-state index is 0.190. The van der Waals surface area contributed by atoms with Crippen LogP contribution < -0.4 is 5.32 Å². The molecule has 16 heavy (non-hydrogen) atoms. The molecule has 0 spiro atoms. The summed E-state index contributed by atoms with van der Waals surface area (Å²) in [7, 11) is 0. The molecule has 0 aliphatic carbocycles. The Morgan fingerprint density at radius 1 is 1.25 bits per heavy atom. The number of amides is 1. The maximum Gasteiger partial charge on any atom is 0.335 e. The third-order valence-electron chi connectivity index (χ3n) is 2.19. The molecule has 0 fully saturated rings. The number of aromatic carboxylic acids is 1. The van der Waals surface area contributed by atoms with Crippen LogP contribution in [0.3, 0.4) is 0 Å². The van der Waals surface area contributed by atoms with E-state index < -0.39 is 5.97 Å².